The van der Waals surface area contributed by atoms with E-state index in [0.717, 1.165) is 24.2 Å². The van der Waals surface area contributed by atoms with Gasteiger partial charge >= 0.3 is 0 Å². The molecule has 1 fully saturated rings. The predicted octanol–water partition coefficient (Wildman–Crippen LogP) is 2.76. The quantitative estimate of drug-likeness (QED) is 0.665. The van der Waals surface area contributed by atoms with Gasteiger partial charge in [0, 0.05) is 17.8 Å². The molecule has 3 aromatic rings. The lowest BCUT2D eigenvalue weighted by atomic mass is 10.1. The fourth-order valence-electron chi connectivity index (χ4n) is 2.95. The van der Waals surface area contributed by atoms with Gasteiger partial charge in [-0.1, -0.05) is 6.07 Å². The van der Waals surface area contributed by atoms with E-state index in [0.29, 0.717) is 17.5 Å². The Labute approximate surface area is 145 Å². The molecule has 1 aromatic carbocycles. The van der Waals surface area contributed by atoms with E-state index in [1.807, 2.05) is 6.07 Å². The minimum Gasteiger partial charge on any atom is -0.379 e. The summed E-state index contributed by atoms with van der Waals surface area (Å²) in [6, 6.07) is 8.59. The van der Waals surface area contributed by atoms with Crippen LogP contribution in [0.5, 0.6) is 0 Å². The highest BCUT2D eigenvalue weighted by Crippen LogP contribution is 2.29. The fourth-order valence-corrected chi connectivity index (χ4v) is 2.95. The number of amides is 1. The zero-order valence-corrected chi connectivity index (χ0v) is 14.2. The summed E-state index contributed by atoms with van der Waals surface area (Å²) in [6.45, 7) is 4.10. The average Bonchev–Trinajstić information content (AvgIpc) is 3.22. The Kier molecular flexibility index (Phi) is 3.56. The molecule has 0 spiro atoms. The van der Waals surface area contributed by atoms with Gasteiger partial charge in [0.2, 0.25) is 0 Å². The normalized spacial score (nSPS) is 13.8. The number of hydrogen-bond donors (Lipinski definition) is 3. The SMILES string of the molecule is Cc1cc(C)cc(Nc2cc(NC3CC3)c3ncc(C(N)=O)n3n2)c1. The van der Waals surface area contributed by atoms with Crippen molar-refractivity contribution in [1.82, 2.24) is 14.6 Å². The van der Waals surface area contributed by atoms with Gasteiger partial charge in [0.25, 0.3) is 5.91 Å². The first-order chi connectivity index (χ1) is 12.0. The minimum atomic E-state index is -0.555. The molecule has 1 aliphatic rings. The van der Waals surface area contributed by atoms with Gasteiger partial charge < -0.3 is 16.4 Å². The third kappa shape index (κ3) is 3.13. The number of nitrogens with two attached hydrogens (primary N) is 1. The maximum Gasteiger partial charge on any atom is 0.269 e. The first kappa shape index (κ1) is 15.4. The molecule has 0 radical (unpaired) electrons. The molecule has 1 amide bonds. The number of aromatic nitrogens is 3. The number of carbonyl (C=O) groups is 1. The number of fused-ring (bicyclic) bond motifs is 1. The molecule has 7 heteroatoms. The van der Waals surface area contributed by atoms with E-state index in [1.165, 1.54) is 21.8 Å². The summed E-state index contributed by atoms with van der Waals surface area (Å²) >= 11 is 0. The number of nitrogens with one attached hydrogen (secondary N) is 2. The molecule has 0 unspecified atom stereocenters. The molecule has 2 aromatic heterocycles. The largest absolute Gasteiger partial charge is 0.379 e. The van der Waals surface area contributed by atoms with E-state index in [2.05, 4.69) is 52.8 Å². The number of hydrogen-bond acceptors (Lipinski definition) is 5. The monoisotopic (exact) mass is 336 g/mol. The second-order valence-corrected chi connectivity index (χ2v) is 6.61. The number of imidazole rings is 1. The van der Waals surface area contributed by atoms with E-state index in [9.17, 15) is 4.79 Å². The summed E-state index contributed by atoms with van der Waals surface area (Å²) in [7, 11) is 0. The van der Waals surface area contributed by atoms with Crippen LogP contribution in [0, 0.1) is 13.8 Å². The Morgan fingerprint density at radius 3 is 2.56 bits per heavy atom. The molecule has 7 nitrogen and oxygen atoms in total. The minimum absolute atomic E-state index is 0.262. The maximum atomic E-state index is 11.7. The van der Waals surface area contributed by atoms with Crippen molar-refractivity contribution < 1.29 is 4.79 Å². The Morgan fingerprint density at radius 2 is 1.92 bits per heavy atom. The third-order valence-electron chi connectivity index (χ3n) is 4.15. The van der Waals surface area contributed by atoms with Crippen molar-refractivity contribution in [3.05, 3.63) is 47.3 Å². The molecule has 4 N–H and O–H groups in total. The number of aryl methyl sites for hydroxylation is 2. The third-order valence-corrected chi connectivity index (χ3v) is 4.15. The lowest BCUT2D eigenvalue weighted by Gasteiger charge is -2.12. The number of anilines is 3. The van der Waals surface area contributed by atoms with E-state index in [4.69, 9.17) is 5.73 Å². The van der Waals surface area contributed by atoms with Crippen LogP contribution >= 0.6 is 0 Å². The molecular weight excluding hydrogens is 316 g/mol. The maximum absolute atomic E-state index is 11.7. The summed E-state index contributed by atoms with van der Waals surface area (Å²) in [5.41, 5.74) is 10.4. The number of carbonyl (C=O) groups excluding carboxylic acids is 1. The van der Waals surface area contributed by atoms with Crippen molar-refractivity contribution in [2.75, 3.05) is 10.6 Å². The zero-order chi connectivity index (χ0) is 17.6. The smallest absolute Gasteiger partial charge is 0.269 e. The number of rotatable bonds is 5. The number of benzene rings is 1. The van der Waals surface area contributed by atoms with Crippen LogP contribution in [0.2, 0.25) is 0 Å². The van der Waals surface area contributed by atoms with Gasteiger partial charge in [0.15, 0.2) is 11.5 Å². The molecule has 0 bridgehead atoms. The van der Waals surface area contributed by atoms with Crippen molar-refractivity contribution >= 4 is 28.7 Å². The van der Waals surface area contributed by atoms with Crippen LogP contribution in [0.3, 0.4) is 0 Å². The summed E-state index contributed by atoms with van der Waals surface area (Å²) in [5.74, 6) is 0.0714. The van der Waals surface area contributed by atoms with Crippen LogP contribution in [-0.4, -0.2) is 26.5 Å². The van der Waals surface area contributed by atoms with Crippen LogP contribution < -0.4 is 16.4 Å². The van der Waals surface area contributed by atoms with Crippen molar-refractivity contribution in [1.29, 1.82) is 0 Å². The van der Waals surface area contributed by atoms with Gasteiger partial charge in [-0.3, -0.25) is 4.79 Å². The summed E-state index contributed by atoms with van der Waals surface area (Å²) in [4.78, 5) is 16.0. The standard InChI is InChI=1S/C18H20N6O/c1-10-5-11(2)7-13(6-10)22-16-8-14(21-12-3-4-12)18-20-9-15(17(19)25)24(18)23-16/h5-9,12,21H,3-4H2,1-2H3,(H2,19,25)(H,22,23). The first-order valence-corrected chi connectivity index (χ1v) is 8.30. The van der Waals surface area contributed by atoms with Gasteiger partial charge in [-0.05, 0) is 49.9 Å². The summed E-state index contributed by atoms with van der Waals surface area (Å²) in [5, 5.41) is 11.3. The van der Waals surface area contributed by atoms with Gasteiger partial charge in [-0.15, -0.1) is 5.10 Å². The van der Waals surface area contributed by atoms with Crippen LogP contribution in [0.4, 0.5) is 17.2 Å². The molecule has 0 aliphatic heterocycles. The Bertz CT molecular complexity index is 953. The molecular formula is C18H20N6O. The first-order valence-electron chi connectivity index (χ1n) is 8.30. The van der Waals surface area contributed by atoms with E-state index < -0.39 is 5.91 Å². The highest BCUT2D eigenvalue weighted by atomic mass is 16.1. The number of primary amides is 1. The van der Waals surface area contributed by atoms with Crippen molar-refractivity contribution in [3.63, 3.8) is 0 Å². The molecule has 4 rings (SSSR count). The lowest BCUT2D eigenvalue weighted by molar-refractivity contribution is 0.0993. The molecule has 1 saturated carbocycles. The Morgan fingerprint density at radius 1 is 1.20 bits per heavy atom. The van der Waals surface area contributed by atoms with Crippen LogP contribution in [0.25, 0.3) is 5.65 Å². The highest BCUT2D eigenvalue weighted by molar-refractivity contribution is 5.92. The molecule has 25 heavy (non-hydrogen) atoms. The second-order valence-electron chi connectivity index (χ2n) is 6.61. The van der Waals surface area contributed by atoms with E-state index in [1.54, 1.807) is 0 Å². The lowest BCUT2D eigenvalue weighted by Crippen LogP contribution is -2.16. The molecule has 128 valence electrons. The molecule has 1 aliphatic carbocycles. The Balaban J connectivity index is 1.79. The van der Waals surface area contributed by atoms with Crippen molar-refractivity contribution in [2.24, 2.45) is 5.73 Å². The summed E-state index contributed by atoms with van der Waals surface area (Å²) < 4.78 is 1.50. The van der Waals surface area contributed by atoms with Crippen molar-refractivity contribution in [3.8, 4) is 0 Å². The molecule has 0 saturated heterocycles. The van der Waals surface area contributed by atoms with Crippen molar-refractivity contribution in [2.45, 2.75) is 32.7 Å². The molecule has 2 heterocycles. The summed E-state index contributed by atoms with van der Waals surface area (Å²) in [6.07, 6.45) is 3.73. The fraction of sp³-hybridized carbons (Fsp3) is 0.278. The second kappa shape index (κ2) is 5.77. The number of nitrogens with zero attached hydrogens (tertiary/aromatic N) is 3. The van der Waals surface area contributed by atoms with Crippen LogP contribution in [-0.2, 0) is 0 Å². The van der Waals surface area contributed by atoms with Gasteiger partial charge in [0.1, 0.15) is 5.69 Å². The zero-order valence-electron chi connectivity index (χ0n) is 14.2. The van der Waals surface area contributed by atoms with Crippen LogP contribution in [0.1, 0.15) is 34.5 Å². The average molecular weight is 336 g/mol. The highest BCUT2D eigenvalue weighted by Gasteiger charge is 2.23. The van der Waals surface area contributed by atoms with Gasteiger partial charge in [0.05, 0.1) is 11.9 Å². The predicted molar refractivity (Wildman–Crippen MR) is 97.3 cm³/mol. The van der Waals surface area contributed by atoms with Crippen LogP contribution in [0.15, 0.2) is 30.5 Å². The van der Waals surface area contributed by atoms with E-state index in [-0.39, 0.29) is 5.69 Å². The Hall–Kier alpha value is -3.09. The van der Waals surface area contributed by atoms with Gasteiger partial charge in [-0.25, -0.2) is 9.50 Å². The van der Waals surface area contributed by atoms with Gasteiger partial charge in [-0.2, -0.15) is 0 Å². The van der Waals surface area contributed by atoms with E-state index >= 15 is 0 Å². The topological polar surface area (TPSA) is 97.3 Å². The molecule has 0 atom stereocenters.